The van der Waals surface area contributed by atoms with Crippen molar-refractivity contribution in [3.8, 4) is 0 Å². The lowest BCUT2D eigenvalue weighted by atomic mass is 10.1. The first kappa shape index (κ1) is 15.9. The van der Waals surface area contributed by atoms with E-state index in [4.69, 9.17) is 0 Å². The average molecular weight is 282 g/mol. The monoisotopic (exact) mass is 282 g/mol. The lowest BCUT2D eigenvalue weighted by Crippen LogP contribution is -2.32. The molecule has 5 heteroatoms. The molecule has 1 aromatic rings. The first-order valence-electron chi connectivity index (χ1n) is 6.42. The molecule has 0 radical (unpaired) electrons. The molecule has 0 aromatic heterocycles. The van der Waals surface area contributed by atoms with E-state index in [1.807, 2.05) is 37.4 Å². The number of rotatable bonds is 8. The maximum atomic E-state index is 11.8. The fraction of sp³-hybridized carbons (Fsp3) is 0.500. The molecule has 0 aliphatic carbocycles. The maximum absolute atomic E-state index is 11.8. The van der Waals surface area contributed by atoms with E-state index >= 15 is 0 Å². The summed E-state index contributed by atoms with van der Waals surface area (Å²) in [5.74, 6) is 0.455. The van der Waals surface area contributed by atoms with Crippen molar-refractivity contribution in [2.75, 3.05) is 25.6 Å². The van der Waals surface area contributed by atoms with Crippen molar-refractivity contribution in [1.82, 2.24) is 10.6 Å². The van der Waals surface area contributed by atoms with Crippen molar-refractivity contribution in [2.24, 2.45) is 0 Å². The molecule has 0 saturated carbocycles. The van der Waals surface area contributed by atoms with E-state index in [0.717, 1.165) is 18.5 Å². The highest BCUT2D eigenvalue weighted by molar-refractivity contribution is 7.84. The molecule has 1 amide bonds. The van der Waals surface area contributed by atoms with Gasteiger partial charge >= 0.3 is 0 Å². The molecule has 106 valence electrons. The highest BCUT2D eigenvalue weighted by Gasteiger charge is 2.15. The van der Waals surface area contributed by atoms with E-state index in [9.17, 15) is 9.00 Å². The van der Waals surface area contributed by atoms with Crippen LogP contribution in [0.25, 0.3) is 0 Å². The van der Waals surface area contributed by atoms with Gasteiger partial charge in [0.05, 0.1) is 6.04 Å². The molecule has 0 heterocycles. The van der Waals surface area contributed by atoms with Gasteiger partial charge in [0.2, 0.25) is 5.91 Å². The Hall–Kier alpha value is -1.20. The van der Waals surface area contributed by atoms with Gasteiger partial charge in [-0.05, 0) is 25.6 Å². The molecular formula is C14H22N2O2S. The normalized spacial score (nSPS) is 13.8. The van der Waals surface area contributed by atoms with Crippen LogP contribution in [0.15, 0.2) is 30.3 Å². The van der Waals surface area contributed by atoms with Crippen LogP contribution in [0.5, 0.6) is 0 Å². The lowest BCUT2D eigenvalue weighted by molar-refractivity contribution is -0.121. The summed E-state index contributed by atoms with van der Waals surface area (Å²) in [6.45, 7) is 0.823. The van der Waals surface area contributed by atoms with E-state index < -0.39 is 10.8 Å². The number of hydrogen-bond acceptors (Lipinski definition) is 3. The second-order valence-corrected chi connectivity index (χ2v) is 5.96. The van der Waals surface area contributed by atoms with Gasteiger partial charge in [0, 0.05) is 29.2 Å². The second kappa shape index (κ2) is 8.82. The Bertz CT molecular complexity index is 409. The standard InChI is InChI=1S/C14H22N2O2S/c1-15-10-6-9-14(17)16-13(11-19(2)18)12-7-4-3-5-8-12/h3-5,7-8,13,15H,6,9-11H2,1-2H3,(H,16,17). The zero-order valence-electron chi connectivity index (χ0n) is 11.5. The SMILES string of the molecule is CNCCCC(=O)NC(CS(C)=O)c1ccccc1. The van der Waals surface area contributed by atoms with Crippen molar-refractivity contribution in [2.45, 2.75) is 18.9 Å². The summed E-state index contributed by atoms with van der Waals surface area (Å²) >= 11 is 0. The zero-order chi connectivity index (χ0) is 14.1. The van der Waals surface area contributed by atoms with E-state index in [2.05, 4.69) is 10.6 Å². The quantitative estimate of drug-likeness (QED) is 0.705. The molecule has 19 heavy (non-hydrogen) atoms. The number of benzene rings is 1. The van der Waals surface area contributed by atoms with Gasteiger partial charge < -0.3 is 10.6 Å². The fourth-order valence-corrected chi connectivity index (χ4v) is 2.58. The van der Waals surface area contributed by atoms with Crippen molar-refractivity contribution in [3.63, 3.8) is 0 Å². The van der Waals surface area contributed by atoms with Crippen LogP contribution in [-0.2, 0) is 15.6 Å². The van der Waals surface area contributed by atoms with Crippen LogP contribution in [0.2, 0.25) is 0 Å². The molecular weight excluding hydrogens is 260 g/mol. The third-order valence-electron chi connectivity index (χ3n) is 2.77. The van der Waals surface area contributed by atoms with Gasteiger partial charge in [-0.25, -0.2) is 0 Å². The summed E-state index contributed by atoms with van der Waals surface area (Å²) in [7, 11) is 0.919. The minimum absolute atomic E-state index is 0.00885. The Labute approximate surface area is 117 Å². The van der Waals surface area contributed by atoms with Gasteiger partial charge in [-0.1, -0.05) is 30.3 Å². The average Bonchev–Trinajstić information content (AvgIpc) is 2.39. The summed E-state index contributed by atoms with van der Waals surface area (Å²) < 4.78 is 11.4. The predicted octanol–water partition coefficient (Wildman–Crippen LogP) is 1.22. The highest BCUT2D eigenvalue weighted by atomic mass is 32.2. The van der Waals surface area contributed by atoms with Crippen molar-refractivity contribution in [1.29, 1.82) is 0 Å². The molecule has 0 aliphatic rings. The Morgan fingerprint density at radius 1 is 1.32 bits per heavy atom. The lowest BCUT2D eigenvalue weighted by Gasteiger charge is -2.18. The molecule has 2 atom stereocenters. The minimum Gasteiger partial charge on any atom is -0.348 e. The molecule has 0 aliphatic heterocycles. The predicted molar refractivity (Wildman–Crippen MR) is 79.4 cm³/mol. The summed E-state index contributed by atoms with van der Waals surface area (Å²) in [5.41, 5.74) is 1.000. The number of carbonyl (C=O) groups is 1. The highest BCUT2D eigenvalue weighted by Crippen LogP contribution is 2.13. The Balaban J connectivity index is 2.60. The molecule has 2 unspecified atom stereocenters. The fourth-order valence-electron chi connectivity index (χ4n) is 1.83. The van der Waals surface area contributed by atoms with E-state index in [1.165, 1.54) is 0 Å². The largest absolute Gasteiger partial charge is 0.348 e. The summed E-state index contributed by atoms with van der Waals surface area (Å²) in [5, 5.41) is 5.98. The van der Waals surface area contributed by atoms with Crippen LogP contribution in [0.3, 0.4) is 0 Å². The van der Waals surface area contributed by atoms with Gasteiger partial charge in [0.25, 0.3) is 0 Å². The van der Waals surface area contributed by atoms with Crippen LogP contribution in [0.4, 0.5) is 0 Å². The van der Waals surface area contributed by atoms with Crippen molar-refractivity contribution < 1.29 is 9.00 Å². The molecule has 0 spiro atoms. The van der Waals surface area contributed by atoms with E-state index in [-0.39, 0.29) is 11.9 Å². The van der Waals surface area contributed by atoms with Gasteiger partial charge in [-0.3, -0.25) is 9.00 Å². The Kier molecular flexibility index (Phi) is 7.36. The number of amides is 1. The van der Waals surface area contributed by atoms with Crippen LogP contribution in [0, 0.1) is 0 Å². The van der Waals surface area contributed by atoms with Crippen LogP contribution < -0.4 is 10.6 Å². The van der Waals surface area contributed by atoms with Gasteiger partial charge in [0.1, 0.15) is 0 Å². The van der Waals surface area contributed by atoms with Gasteiger partial charge in [-0.2, -0.15) is 0 Å². The Morgan fingerprint density at radius 3 is 2.58 bits per heavy atom. The summed E-state index contributed by atoms with van der Waals surface area (Å²) in [4.78, 5) is 11.8. The van der Waals surface area contributed by atoms with Gasteiger partial charge in [-0.15, -0.1) is 0 Å². The molecule has 0 saturated heterocycles. The first-order chi connectivity index (χ1) is 9.13. The number of carbonyl (C=O) groups excluding carboxylic acids is 1. The topological polar surface area (TPSA) is 58.2 Å². The number of hydrogen-bond donors (Lipinski definition) is 2. The Morgan fingerprint density at radius 2 is 2.00 bits per heavy atom. The molecule has 0 fully saturated rings. The van der Waals surface area contributed by atoms with Crippen molar-refractivity contribution >= 4 is 16.7 Å². The van der Waals surface area contributed by atoms with E-state index in [1.54, 1.807) is 6.26 Å². The molecule has 1 aromatic carbocycles. The smallest absolute Gasteiger partial charge is 0.220 e. The van der Waals surface area contributed by atoms with Crippen LogP contribution in [0.1, 0.15) is 24.4 Å². The molecule has 1 rings (SSSR count). The van der Waals surface area contributed by atoms with Crippen molar-refractivity contribution in [3.05, 3.63) is 35.9 Å². The summed E-state index contributed by atoms with van der Waals surface area (Å²) in [6.07, 6.45) is 2.95. The number of nitrogens with one attached hydrogen (secondary N) is 2. The maximum Gasteiger partial charge on any atom is 0.220 e. The first-order valence-corrected chi connectivity index (χ1v) is 8.15. The third-order valence-corrected chi connectivity index (χ3v) is 3.57. The minimum atomic E-state index is -0.947. The van der Waals surface area contributed by atoms with Crippen LogP contribution in [-0.4, -0.2) is 35.7 Å². The molecule has 0 bridgehead atoms. The molecule has 2 N–H and O–H groups in total. The zero-order valence-corrected chi connectivity index (χ0v) is 12.3. The summed E-state index contributed by atoms with van der Waals surface area (Å²) in [6, 6.07) is 9.51. The third kappa shape index (κ3) is 6.50. The van der Waals surface area contributed by atoms with E-state index in [0.29, 0.717) is 12.2 Å². The second-order valence-electron chi connectivity index (χ2n) is 4.48. The van der Waals surface area contributed by atoms with Gasteiger partial charge in [0.15, 0.2) is 0 Å². The molecule has 4 nitrogen and oxygen atoms in total. The van der Waals surface area contributed by atoms with Crippen LogP contribution >= 0.6 is 0 Å².